The van der Waals surface area contributed by atoms with Gasteiger partial charge >= 0.3 is 5.97 Å². The molecule has 0 radical (unpaired) electrons. The molecular formula is C17H25NO4. The second-order valence-electron chi connectivity index (χ2n) is 7.04. The molecule has 3 rings (SSSR count). The van der Waals surface area contributed by atoms with E-state index in [1.807, 2.05) is 30.9 Å². The Morgan fingerprint density at radius 1 is 1.55 bits per heavy atom. The first-order valence-corrected chi connectivity index (χ1v) is 8.31. The van der Waals surface area contributed by atoms with E-state index in [9.17, 15) is 9.59 Å². The van der Waals surface area contributed by atoms with Gasteiger partial charge in [0, 0.05) is 6.54 Å². The Labute approximate surface area is 131 Å². The molecule has 122 valence electrons. The molecule has 0 unspecified atom stereocenters. The van der Waals surface area contributed by atoms with E-state index in [0.29, 0.717) is 13.2 Å². The van der Waals surface area contributed by atoms with Crippen LogP contribution in [0.15, 0.2) is 12.2 Å². The third-order valence-electron chi connectivity index (χ3n) is 4.79. The summed E-state index contributed by atoms with van der Waals surface area (Å²) >= 11 is 0. The number of esters is 1. The van der Waals surface area contributed by atoms with Gasteiger partial charge in [0.2, 0.25) is 5.91 Å². The van der Waals surface area contributed by atoms with E-state index in [2.05, 4.69) is 6.92 Å². The zero-order valence-corrected chi connectivity index (χ0v) is 13.6. The summed E-state index contributed by atoms with van der Waals surface area (Å²) in [4.78, 5) is 27.0. The van der Waals surface area contributed by atoms with Crippen LogP contribution in [0.2, 0.25) is 0 Å². The van der Waals surface area contributed by atoms with Crippen molar-refractivity contribution in [1.29, 1.82) is 0 Å². The lowest BCUT2D eigenvalue weighted by molar-refractivity contribution is -0.154. The molecule has 3 aliphatic heterocycles. The second-order valence-corrected chi connectivity index (χ2v) is 7.04. The minimum atomic E-state index is -0.600. The quantitative estimate of drug-likeness (QED) is 0.554. The van der Waals surface area contributed by atoms with E-state index in [4.69, 9.17) is 9.47 Å². The summed E-state index contributed by atoms with van der Waals surface area (Å²) in [6, 6.07) is 0. The van der Waals surface area contributed by atoms with Crippen molar-refractivity contribution in [2.24, 2.45) is 17.8 Å². The minimum Gasteiger partial charge on any atom is -0.465 e. The Kier molecular flexibility index (Phi) is 4.02. The lowest BCUT2D eigenvalue weighted by atomic mass is 9.77. The first-order valence-electron chi connectivity index (χ1n) is 8.31. The van der Waals surface area contributed by atoms with Gasteiger partial charge in [-0.15, -0.1) is 0 Å². The number of hydrogen-bond acceptors (Lipinski definition) is 4. The number of unbranched alkanes of at least 4 members (excludes halogenated alkanes) is 1. The van der Waals surface area contributed by atoms with E-state index >= 15 is 0 Å². The van der Waals surface area contributed by atoms with Crippen molar-refractivity contribution in [3.63, 3.8) is 0 Å². The maximum Gasteiger partial charge on any atom is 0.312 e. The van der Waals surface area contributed by atoms with Gasteiger partial charge < -0.3 is 14.4 Å². The van der Waals surface area contributed by atoms with Crippen LogP contribution < -0.4 is 0 Å². The second kappa shape index (κ2) is 5.69. The number of hydrogen-bond donors (Lipinski definition) is 0. The van der Waals surface area contributed by atoms with Gasteiger partial charge in [0.15, 0.2) is 0 Å². The van der Waals surface area contributed by atoms with Crippen molar-refractivity contribution in [3.8, 4) is 0 Å². The monoisotopic (exact) mass is 307 g/mol. The summed E-state index contributed by atoms with van der Waals surface area (Å²) in [5, 5.41) is 0. The van der Waals surface area contributed by atoms with E-state index in [1.54, 1.807) is 0 Å². The van der Waals surface area contributed by atoms with Crippen molar-refractivity contribution in [3.05, 3.63) is 12.2 Å². The first-order chi connectivity index (χ1) is 10.5. The molecule has 2 bridgehead atoms. The van der Waals surface area contributed by atoms with Gasteiger partial charge in [0.1, 0.15) is 11.5 Å². The van der Waals surface area contributed by atoms with Crippen molar-refractivity contribution >= 4 is 11.9 Å². The van der Waals surface area contributed by atoms with Crippen LogP contribution in [0, 0.1) is 17.8 Å². The Bertz CT molecular complexity index is 501. The highest BCUT2D eigenvalue weighted by Gasteiger charge is 2.67. The average molecular weight is 307 g/mol. The molecule has 22 heavy (non-hydrogen) atoms. The van der Waals surface area contributed by atoms with Crippen LogP contribution in [-0.2, 0) is 19.1 Å². The topological polar surface area (TPSA) is 55.8 Å². The molecule has 0 aromatic rings. The zero-order valence-electron chi connectivity index (χ0n) is 13.6. The molecule has 2 saturated heterocycles. The summed E-state index contributed by atoms with van der Waals surface area (Å²) in [6.07, 6.45) is 5.62. The van der Waals surface area contributed by atoms with Gasteiger partial charge in [0.25, 0.3) is 0 Å². The maximum atomic E-state index is 12.7. The third kappa shape index (κ3) is 2.35. The fourth-order valence-corrected chi connectivity index (χ4v) is 3.73. The van der Waals surface area contributed by atoms with Crippen molar-refractivity contribution in [2.75, 3.05) is 19.7 Å². The van der Waals surface area contributed by atoms with Crippen molar-refractivity contribution < 1.29 is 19.1 Å². The molecule has 1 amide bonds. The Morgan fingerprint density at radius 2 is 2.32 bits per heavy atom. The number of amides is 1. The molecule has 0 saturated carbocycles. The largest absolute Gasteiger partial charge is 0.465 e. The third-order valence-corrected chi connectivity index (χ3v) is 4.79. The van der Waals surface area contributed by atoms with Crippen LogP contribution in [0.4, 0.5) is 0 Å². The summed E-state index contributed by atoms with van der Waals surface area (Å²) in [6.45, 7) is 7.80. The number of rotatable bonds is 6. The molecule has 3 aliphatic rings. The molecule has 5 nitrogen and oxygen atoms in total. The number of carbonyl (C=O) groups is 2. The van der Waals surface area contributed by atoms with Crippen molar-refractivity contribution in [2.45, 2.75) is 45.3 Å². The van der Waals surface area contributed by atoms with E-state index < -0.39 is 17.4 Å². The molecule has 0 aliphatic carbocycles. The number of carbonyl (C=O) groups excluding carboxylic acids is 2. The van der Waals surface area contributed by atoms with Crippen LogP contribution in [0.1, 0.15) is 33.6 Å². The van der Waals surface area contributed by atoms with Crippen LogP contribution in [0.25, 0.3) is 0 Å². The number of nitrogens with zero attached hydrogens (tertiary/aromatic N) is 1. The summed E-state index contributed by atoms with van der Waals surface area (Å²) < 4.78 is 11.4. The lowest BCUT2D eigenvalue weighted by Gasteiger charge is -2.23. The van der Waals surface area contributed by atoms with Crippen LogP contribution >= 0.6 is 0 Å². The summed E-state index contributed by atoms with van der Waals surface area (Å²) in [7, 11) is 0. The average Bonchev–Trinajstić information content (AvgIpc) is 3.11. The van der Waals surface area contributed by atoms with Gasteiger partial charge in [0.05, 0.1) is 25.2 Å². The predicted octanol–water partition coefficient (Wildman–Crippen LogP) is 1.77. The highest BCUT2D eigenvalue weighted by atomic mass is 16.6. The lowest BCUT2D eigenvalue weighted by Crippen LogP contribution is -2.40. The van der Waals surface area contributed by atoms with Gasteiger partial charge in [-0.1, -0.05) is 39.3 Å². The molecular weight excluding hydrogens is 282 g/mol. The Hall–Kier alpha value is -1.36. The molecule has 0 aromatic carbocycles. The molecule has 0 aromatic heterocycles. The van der Waals surface area contributed by atoms with Gasteiger partial charge in [-0.05, 0) is 12.3 Å². The highest BCUT2D eigenvalue weighted by molar-refractivity contribution is 5.91. The highest BCUT2D eigenvalue weighted by Crippen LogP contribution is 2.52. The minimum absolute atomic E-state index is 0.0480. The summed E-state index contributed by atoms with van der Waals surface area (Å²) in [5.74, 6) is -0.845. The first kappa shape index (κ1) is 15.5. The van der Waals surface area contributed by atoms with Gasteiger partial charge in [-0.25, -0.2) is 0 Å². The van der Waals surface area contributed by atoms with E-state index in [-0.39, 0.29) is 23.9 Å². The molecule has 5 heteroatoms. The van der Waals surface area contributed by atoms with E-state index in [0.717, 1.165) is 19.4 Å². The Balaban J connectivity index is 1.76. The van der Waals surface area contributed by atoms with Crippen LogP contribution in [-0.4, -0.2) is 48.2 Å². The molecule has 0 N–H and O–H groups in total. The summed E-state index contributed by atoms with van der Waals surface area (Å²) in [5.41, 5.74) is -0.600. The maximum absolute atomic E-state index is 12.7. The van der Waals surface area contributed by atoms with E-state index in [1.165, 1.54) is 0 Å². The normalized spacial score (nSPS) is 35.5. The molecule has 1 spiro atoms. The standard InChI is InChI=1S/C17H25NO4/c1-4-5-8-18-10-17-7-6-12(22-17)13(14(17)15(18)19)16(20)21-9-11(2)3/h6-7,11-14H,4-5,8-10H2,1-3H3/t12-,13+,14-,17+/m1/s1. The number of fused-ring (bicyclic) bond motifs is 1. The molecule has 3 heterocycles. The smallest absolute Gasteiger partial charge is 0.312 e. The zero-order chi connectivity index (χ0) is 15.9. The van der Waals surface area contributed by atoms with Gasteiger partial charge in [-0.2, -0.15) is 0 Å². The fourth-order valence-electron chi connectivity index (χ4n) is 3.73. The molecule has 2 fully saturated rings. The fraction of sp³-hybridized carbons (Fsp3) is 0.765. The van der Waals surface area contributed by atoms with Gasteiger partial charge in [-0.3, -0.25) is 9.59 Å². The van der Waals surface area contributed by atoms with Crippen LogP contribution in [0.3, 0.4) is 0 Å². The number of likely N-dealkylation sites (tertiary alicyclic amines) is 1. The van der Waals surface area contributed by atoms with Crippen LogP contribution in [0.5, 0.6) is 0 Å². The SMILES string of the molecule is CCCCN1C[C@]23C=C[C@@H](O2)[C@H](C(=O)OCC(C)C)[C@@H]3C1=O. The van der Waals surface area contributed by atoms with Crippen molar-refractivity contribution in [1.82, 2.24) is 4.90 Å². The predicted molar refractivity (Wildman–Crippen MR) is 81.0 cm³/mol. The Morgan fingerprint density at radius 3 is 3.00 bits per heavy atom. The number of ether oxygens (including phenoxy) is 2. The molecule has 4 atom stereocenters.